The van der Waals surface area contributed by atoms with E-state index in [2.05, 4.69) is 21.9 Å². The van der Waals surface area contributed by atoms with Crippen molar-refractivity contribution in [3.05, 3.63) is 39.1 Å². The molecule has 0 fully saturated rings. The Hall–Kier alpha value is -1.42. The highest BCUT2D eigenvalue weighted by atomic mass is 32.1. The number of aryl methyl sites for hydroxylation is 2. The zero-order chi connectivity index (χ0) is 12.7. The minimum atomic E-state index is 0.299. The first-order chi connectivity index (χ1) is 8.65. The Bertz CT molecular complexity index is 609. The third-order valence-corrected chi connectivity index (χ3v) is 4.34. The Morgan fingerprint density at radius 3 is 2.94 bits per heavy atom. The van der Waals surface area contributed by atoms with E-state index < -0.39 is 0 Å². The Balaban J connectivity index is 1.99. The van der Waals surface area contributed by atoms with E-state index in [1.54, 1.807) is 11.3 Å². The maximum atomic E-state index is 11.9. The topological polar surface area (TPSA) is 34.9 Å². The van der Waals surface area contributed by atoms with Crippen LogP contribution in [0.3, 0.4) is 0 Å². The SMILES string of the molecule is Cc1nc(Cn2c(C)cc3c2CCCC3=O)cs1. The standard InChI is InChI=1S/C14H16N2OS/c1-9-6-12-13(4-3-5-14(12)17)16(9)7-11-8-18-10(2)15-11/h6,8H,3-5,7H2,1-2H3. The summed E-state index contributed by atoms with van der Waals surface area (Å²) in [6, 6.07) is 2.04. The van der Waals surface area contributed by atoms with Gasteiger partial charge in [-0.1, -0.05) is 0 Å². The minimum Gasteiger partial charge on any atom is -0.342 e. The molecule has 4 heteroatoms. The number of fused-ring (bicyclic) bond motifs is 1. The molecule has 3 rings (SSSR count). The maximum Gasteiger partial charge on any atom is 0.164 e. The second-order valence-electron chi connectivity index (χ2n) is 4.87. The number of carbonyl (C=O) groups excluding carboxylic acids is 1. The summed E-state index contributed by atoms with van der Waals surface area (Å²) in [5.74, 6) is 0.299. The molecule has 2 aromatic heterocycles. The van der Waals surface area contributed by atoms with Crippen LogP contribution >= 0.6 is 11.3 Å². The van der Waals surface area contributed by atoms with Crippen molar-refractivity contribution in [2.75, 3.05) is 0 Å². The largest absolute Gasteiger partial charge is 0.342 e. The first-order valence-electron chi connectivity index (χ1n) is 6.28. The molecule has 18 heavy (non-hydrogen) atoms. The average Bonchev–Trinajstić information content (AvgIpc) is 2.87. The summed E-state index contributed by atoms with van der Waals surface area (Å²) >= 11 is 1.68. The molecule has 3 nitrogen and oxygen atoms in total. The summed E-state index contributed by atoms with van der Waals surface area (Å²) < 4.78 is 2.25. The van der Waals surface area contributed by atoms with Gasteiger partial charge in [0.25, 0.3) is 0 Å². The van der Waals surface area contributed by atoms with Crippen molar-refractivity contribution in [2.45, 2.75) is 39.7 Å². The predicted octanol–water partition coefficient (Wildman–Crippen LogP) is 3.13. The van der Waals surface area contributed by atoms with Gasteiger partial charge in [-0.2, -0.15) is 0 Å². The highest BCUT2D eigenvalue weighted by Gasteiger charge is 2.22. The number of hydrogen-bond acceptors (Lipinski definition) is 3. The quantitative estimate of drug-likeness (QED) is 0.831. The van der Waals surface area contributed by atoms with Crippen LogP contribution in [0.15, 0.2) is 11.4 Å². The van der Waals surface area contributed by atoms with Crippen LogP contribution in [-0.4, -0.2) is 15.3 Å². The Morgan fingerprint density at radius 2 is 2.22 bits per heavy atom. The van der Waals surface area contributed by atoms with Gasteiger partial charge < -0.3 is 4.57 Å². The molecule has 0 unspecified atom stereocenters. The second kappa shape index (κ2) is 4.35. The van der Waals surface area contributed by atoms with Crippen LogP contribution in [0.4, 0.5) is 0 Å². The van der Waals surface area contributed by atoms with E-state index in [0.717, 1.165) is 35.7 Å². The van der Waals surface area contributed by atoms with Crippen molar-refractivity contribution >= 4 is 17.1 Å². The second-order valence-corrected chi connectivity index (χ2v) is 5.93. The van der Waals surface area contributed by atoms with E-state index in [1.165, 1.54) is 11.4 Å². The smallest absolute Gasteiger partial charge is 0.164 e. The van der Waals surface area contributed by atoms with Crippen LogP contribution in [0, 0.1) is 13.8 Å². The third-order valence-electron chi connectivity index (χ3n) is 3.52. The molecule has 0 spiro atoms. The molecule has 0 saturated carbocycles. The molecule has 0 amide bonds. The third kappa shape index (κ3) is 1.90. The molecule has 0 N–H and O–H groups in total. The van der Waals surface area contributed by atoms with Gasteiger partial charge in [0.15, 0.2) is 5.78 Å². The van der Waals surface area contributed by atoms with Crippen molar-refractivity contribution in [1.82, 2.24) is 9.55 Å². The molecular weight excluding hydrogens is 244 g/mol. The summed E-state index contributed by atoms with van der Waals surface area (Å²) in [5, 5.41) is 3.20. The van der Waals surface area contributed by atoms with Crippen molar-refractivity contribution in [2.24, 2.45) is 0 Å². The fraction of sp³-hybridized carbons (Fsp3) is 0.429. The lowest BCUT2D eigenvalue weighted by atomic mass is 9.97. The zero-order valence-electron chi connectivity index (χ0n) is 10.7. The van der Waals surface area contributed by atoms with Crippen molar-refractivity contribution < 1.29 is 4.79 Å². The molecule has 0 aliphatic heterocycles. The number of aromatic nitrogens is 2. The van der Waals surface area contributed by atoms with E-state index in [-0.39, 0.29) is 0 Å². The summed E-state index contributed by atoms with van der Waals surface area (Å²) in [5.41, 5.74) is 4.40. The summed E-state index contributed by atoms with van der Waals surface area (Å²) in [6.07, 6.45) is 2.69. The van der Waals surface area contributed by atoms with Crippen molar-refractivity contribution in [3.63, 3.8) is 0 Å². The van der Waals surface area contributed by atoms with Crippen LogP contribution in [0.25, 0.3) is 0 Å². The molecule has 0 bridgehead atoms. The van der Waals surface area contributed by atoms with Crippen LogP contribution in [-0.2, 0) is 13.0 Å². The predicted molar refractivity (Wildman–Crippen MR) is 72.4 cm³/mol. The van der Waals surface area contributed by atoms with Gasteiger partial charge in [0.1, 0.15) is 0 Å². The van der Waals surface area contributed by atoms with E-state index >= 15 is 0 Å². The maximum absolute atomic E-state index is 11.9. The lowest BCUT2D eigenvalue weighted by Crippen LogP contribution is -2.14. The van der Waals surface area contributed by atoms with Crippen LogP contribution in [0.1, 0.15) is 45.3 Å². The van der Waals surface area contributed by atoms with Gasteiger partial charge in [0, 0.05) is 28.8 Å². The molecule has 0 aromatic carbocycles. The molecule has 0 atom stereocenters. The molecule has 1 aliphatic rings. The van der Waals surface area contributed by atoms with E-state index in [0.29, 0.717) is 12.2 Å². The monoisotopic (exact) mass is 260 g/mol. The van der Waals surface area contributed by atoms with E-state index in [4.69, 9.17) is 0 Å². The lowest BCUT2D eigenvalue weighted by Gasteiger charge is -2.15. The first-order valence-corrected chi connectivity index (χ1v) is 7.16. The number of hydrogen-bond donors (Lipinski definition) is 0. The number of carbonyl (C=O) groups is 1. The van der Waals surface area contributed by atoms with Crippen LogP contribution in [0.2, 0.25) is 0 Å². The van der Waals surface area contributed by atoms with Gasteiger partial charge in [-0.25, -0.2) is 4.98 Å². The Labute approximate surface area is 110 Å². The van der Waals surface area contributed by atoms with E-state index in [1.807, 2.05) is 13.0 Å². The molecule has 2 heterocycles. The molecule has 0 saturated heterocycles. The first kappa shape index (κ1) is 11.7. The Morgan fingerprint density at radius 1 is 1.39 bits per heavy atom. The van der Waals surface area contributed by atoms with Crippen LogP contribution < -0.4 is 0 Å². The van der Waals surface area contributed by atoms with Gasteiger partial charge in [0.2, 0.25) is 0 Å². The van der Waals surface area contributed by atoms with Crippen LogP contribution in [0.5, 0.6) is 0 Å². The molecule has 94 valence electrons. The average molecular weight is 260 g/mol. The summed E-state index contributed by atoms with van der Waals surface area (Å²) in [6.45, 7) is 4.89. The number of nitrogens with zero attached hydrogens (tertiary/aromatic N) is 2. The summed E-state index contributed by atoms with van der Waals surface area (Å²) in [4.78, 5) is 16.4. The number of ketones is 1. The van der Waals surface area contributed by atoms with Crippen molar-refractivity contribution in [1.29, 1.82) is 0 Å². The van der Waals surface area contributed by atoms with Gasteiger partial charge >= 0.3 is 0 Å². The summed E-state index contributed by atoms with van der Waals surface area (Å²) in [7, 11) is 0. The fourth-order valence-corrected chi connectivity index (χ4v) is 3.26. The molecule has 1 aliphatic carbocycles. The fourth-order valence-electron chi connectivity index (χ4n) is 2.65. The van der Waals surface area contributed by atoms with Crippen molar-refractivity contribution in [3.8, 4) is 0 Å². The highest BCUT2D eigenvalue weighted by Crippen LogP contribution is 2.26. The van der Waals surface area contributed by atoms with E-state index in [9.17, 15) is 4.79 Å². The Kier molecular flexibility index (Phi) is 2.82. The van der Waals surface area contributed by atoms with Gasteiger partial charge in [0.05, 0.1) is 17.2 Å². The van der Waals surface area contributed by atoms with Gasteiger partial charge in [-0.3, -0.25) is 4.79 Å². The molecule has 2 aromatic rings. The highest BCUT2D eigenvalue weighted by molar-refractivity contribution is 7.09. The lowest BCUT2D eigenvalue weighted by molar-refractivity contribution is 0.0972. The molecule has 0 radical (unpaired) electrons. The number of thiazole rings is 1. The van der Waals surface area contributed by atoms with Gasteiger partial charge in [-0.15, -0.1) is 11.3 Å². The zero-order valence-corrected chi connectivity index (χ0v) is 11.5. The molecular formula is C14H16N2OS. The number of Topliss-reactive ketones (excluding diaryl/α,β-unsaturated/α-hetero) is 1. The normalized spacial score (nSPS) is 14.9. The minimum absolute atomic E-state index is 0.299. The number of rotatable bonds is 2. The van der Waals surface area contributed by atoms with Gasteiger partial charge in [-0.05, 0) is 32.8 Å².